The van der Waals surface area contributed by atoms with Crippen LogP contribution in [0.15, 0.2) is 18.2 Å². The second-order valence-corrected chi connectivity index (χ2v) is 6.38. The fourth-order valence-electron chi connectivity index (χ4n) is 3.87. The van der Waals surface area contributed by atoms with Gasteiger partial charge in [-0.05, 0) is 37.4 Å². The molecule has 1 aliphatic rings. The molecule has 1 nitrogen and oxygen atoms in total. The van der Waals surface area contributed by atoms with Crippen LogP contribution in [0.2, 0.25) is 5.02 Å². The maximum atomic E-state index is 14.2. The normalized spacial score (nSPS) is 20.1. The van der Waals surface area contributed by atoms with Crippen LogP contribution in [-0.2, 0) is 5.41 Å². The summed E-state index contributed by atoms with van der Waals surface area (Å²) >= 11 is 6.27. The van der Waals surface area contributed by atoms with E-state index in [0.29, 0.717) is 16.0 Å². The Morgan fingerprint density at radius 2 is 1.89 bits per heavy atom. The van der Waals surface area contributed by atoms with Crippen LogP contribution in [-0.4, -0.2) is 13.6 Å². The van der Waals surface area contributed by atoms with Crippen molar-refractivity contribution >= 4 is 11.6 Å². The summed E-state index contributed by atoms with van der Waals surface area (Å²) in [4.78, 5) is 0. The predicted molar refractivity (Wildman–Crippen MR) is 79.3 cm³/mol. The summed E-state index contributed by atoms with van der Waals surface area (Å²) in [6, 6.07) is 5.01. The molecule has 0 unspecified atom stereocenters. The number of hydrogen-bond donors (Lipinski definition) is 1. The Kier molecular flexibility index (Phi) is 4.22. The summed E-state index contributed by atoms with van der Waals surface area (Å²) in [7, 11) is 1.92. The molecular formula is C16H23ClFN. The van der Waals surface area contributed by atoms with E-state index >= 15 is 0 Å². The highest BCUT2D eigenvalue weighted by Crippen LogP contribution is 2.60. The molecule has 19 heavy (non-hydrogen) atoms. The van der Waals surface area contributed by atoms with E-state index in [-0.39, 0.29) is 11.2 Å². The zero-order valence-corrected chi connectivity index (χ0v) is 12.8. The standard InChI is InChI=1S/C16H23ClFN/c1-4-15(5-2)9-16(10-15,11-19-3)14-12(17)7-6-8-13(14)18/h6-8,19H,4-5,9-11H2,1-3H3. The van der Waals surface area contributed by atoms with Crippen LogP contribution in [0.4, 0.5) is 4.39 Å². The lowest BCUT2D eigenvalue weighted by atomic mass is 9.48. The third kappa shape index (κ3) is 2.41. The van der Waals surface area contributed by atoms with E-state index in [1.807, 2.05) is 7.05 Å². The molecule has 1 fully saturated rings. The van der Waals surface area contributed by atoms with Crippen LogP contribution in [0.25, 0.3) is 0 Å². The van der Waals surface area contributed by atoms with E-state index in [4.69, 9.17) is 11.6 Å². The second-order valence-electron chi connectivity index (χ2n) is 5.97. The first-order chi connectivity index (χ1) is 9.02. The SMILES string of the molecule is CCC1(CC)CC(CNC)(c2c(F)cccc2Cl)C1. The van der Waals surface area contributed by atoms with Crippen molar-refractivity contribution in [1.29, 1.82) is 0 Å². The molecule has 1 aromatic carbocycles. The molecule has 0 aliphatic heterocycles. The van der Waals surface area contributed by atoms with Gasteiger partial charge in [0.1, 0.15) is 5.82 Å². The Balaban J connectivity index is 2.38. The Bertz CT molecular complexity index is 426. The van der Waals surface area contributed by atoms with Gasteiger partial charge in [0, 0.05) is 22.5 Å². The van der Waals surface area contributed by atoms with Crippen molar-refractivity contribution in [1.82, 2.24) is 5.32 Å². The first-order valence-electron chi connectivity index (χ1n) is 7.11. The van der Waals surface area contributed by atoms with Gasteiger partial charge >= 0.3 is 0 Å². The van der Waals surface area contributed by atoms with Crippen molar-refractivity contribution in [2.45, 2.75) is 44.9 Å². The highest BCUT2D eigenvalue weighted by atomic mass is 35.5. The van der Waals surface area contributed by atoms with Gasteiger partial charge in [-0.1, -0.05) is 44.4 Å². The predicted octanol–water partition coefficient (Wildman–Crippen LogP) is 4.54. The van der Waals surface area contributed by atoms with Gasteiger partial charge in [0.15, 0.2) is 0 Å². The molecular weight excluding hydrogens is 261 g/mol. The van der Waals surface area contributed by atoms with Gasteiger partial charge < -0.3 is 5.32 Å². The summed E-state index contributed by atoms with van der Waals surface area (Å²) in [5.41, 5.74) is 0.939. The fraction of sp³-hybridized carbons (Fsp3) is 0.625. The van der Waals surface area contributed by atoms with Gasteiger partial charge in [0.05, 0.1) is 0 Å². The Hall–Kier alpha value is -0.600. The summed E-state index contributed by atoms with van der Waals surface area (Å²) in [5.74, 6) is -0.163. The average molecular weight is 284 g/mol. The average Bonchev–Trinajstić information content (AvgIpc) is 2.34. The lowest BCUT2D eigenvalue weighted by molar-refractivity contribution is 0.0120. The topological polar surface area (TPSA) is 12.0 Å². The van der Waals surface area contributed by atoms with E-state index in [1.165, 1.54) is 6.07 Å². The van der Waals surface area contributed by atoms with Gasteiger partial charge in [0.25, 0.3) is 0 Å². The van der Waals surface area contributed by atoms with Crippen molar-refractivity contribution in [3.63, 3.8) is 0 Å². The molecule has 1 aliphatic carbocycles. The zero-order valence-electron chi connectivity index (χ0n) is 12.0. The first kappa shape index (κ1) is 14.8. The lowest BCUT2D eigenvalue weighted by Crippen LogP contribution is -2.54. The van der Waals surface area contributed by atoms with Crippen molar-refractivity contribution in [2.24, 2.45) is 5.41 Å². The van der Waals surface area contributed by atoms with Crippen LogP contribution in [0.5, 0.6) is 0 Å². The van der Waals surface area contributed by atoms with Crippen LogP contribution in [0, 0.1) is 11.2 Å². The minimum absolute atomic E-state index is 0.136. The van der Waals surface area contributed by atoms with E-state index < -0.39 is 0 Å². The van der Waals surface area contributed by atoms with Crippen LogP contribution < -0.4 is 5.32 Å². The molecule has 0 heterocycles. The molecule has 1 saturated carbocycles. The highest BCUT2D eigenvalue weighted by molar-refractivity contribution is 6.31. The number of nitrogens with one attached hydrogen (secondary N) is 1. The second kappa shape index (κ2) is 5.41. The van der Waals surface area contributed by atoms with Crippen molar-refractivity contribution in [3.8, 4) is 0 Å². The van der Waals surface area contributed by atoms with E-state index in [2.05, 4.69) is 19.2 Å². The summed E-state index contributed by atoms with van der Waals surface area (Å²) < 4.78 is 14.2. The zero-order chi connectivity index (χ0) is 14.1. The Labute approximate surface area is 120 Å². The van der Waals surface area contributed by atoms with Crippen LogP contribution in [0.3, 0.4) is 0 Å². The number of benzene rings is 1. The molecule has 2 rings (SSSR count). The molecule has 1 N–H and O–H groups in total. The minimum atomic E-state index is -0.163. The van der Waals surface area contributed by atoms with Crippen molar-refractivity contribution in [2.75, 3.05) is 13.6 Å². The van der Waals surface area contributed by atoms with Gasteiger partial charge in [-0.15, -0.1) is 0 Å². The molecule has 0 spiro atoms. The van der Waals surface area contributed by atoms with E-state index in [0.717, 1.165) is 32.2 Å². The number of halogens is 2. The number of likely N-dealkylation sites (N-methyl/N-ethyl adjacent to an activating group) is 1. The third-order valence-electron chi connectivity index (χ3n) is 4.94. The molecule has 0 bridgehead atoms. The van der Waals surface area contributed by atoms with Crippen molar-refractivity contribution < 1.29 is 4.39 Å². The number of rotatable bonds is 5. The fourth-order valence-corrected chi connectivity index (χ4v) is 4.23. The van der Waals surface area contributed by atoms with Gasteiger partial charge in [-0.3, -0.25) is 0 Å². The maximum absolute atomic E-state index is 14.2. The smallest absolute Gasteiger partial charge is 0.128 e. The summed E-state index contributed by atoms with van der Waals surface area (Å²) in [6.45, 7) is 5.25. The van der Waals surface area contributed by atoms with E-state index in [9.17, 15) is 4.39 Å². The quantitative estimate of drug-likeness (QED) is 0.837. The molecule has 1 aromatic rings. The van der Waals surface area contributed by atoms with Gasteiger partial charge in [-0.25, -0.2) is 4.39 Å². The molecule has 106 valence electrons. The summed E-state index contributed by atoms with van der Waals surface area (Å²) in [5, 5.41) is 3.79. The largest absolute Gasteiger partial charge is 0.319 e. The molecule has 0 amide bonds. The molecule has 0 radical (unpaired) electrons. The van der Waals surface area contributed by atoms with Gasteiger partial charge in [0.2, 0.25) is 0 Å². The summed E-state index contributed by atoms with van der Waals surface area (Å²) in [6.07, 6.45) is 4.35. The van der Waals surface area contributed by atoms with Crippen LogP contribution in [0.1, 0.15) is 45.1 Å². The molecule has 0 aromatic heterocycles. The van der Waals surface area contributed by atoms with Crippen molar-refractivity contribution in [3.05, 3.63) is 34.6 Å². The third-order valence-corrected chi connectivity index (χ3v) is 5.25. The maximum Gasteiger partial charge on any atom is 0.128 e. The molecule has 0 saturated heterocycles. The Morgan fingerprint density at radius 3 is 2.37 bits per heavy atom. The first-order valence-corrected chi connectivity index (χ1v) is 7.49. The molecule has 0 atom stereocenters. The van der Waals surface area contributed by atoms with E-state index in [1.54, 1.807) is 12.1 Å². The minimum Gasteiger partial charge on any atom is -0.319 e. The van der Waals surface area contributed by atoms with Gasteiger partial charge in [-0.2, -0.15) is 0 Å². The lowest BCUT2D eigenvalue weighted by Gasteiger charge is -2.57. The molecule has 3 heteroatoms. The van der Waals surface area contributed by atoms with Crippen LogP contribution >= 0.6 is 11.6 Å². The monoisotopic (exact) mass is 283 g/mol. The number of hydrogen-bond acceptors (Lipinski definition) is 1. The highest BCUT2D eigenvalue weighted by Gasteiger charge is 2.54. The Morgan fingerprint density at radius 1 is 1.26 bits per heavy atom.